The predicted molar refractivity (Wildman–Crippen MR) is 77.4 cm³/mol. The number of aromatic nitrogens is 3. The van der Waals surface area contributed by atoms with E-state index in [9.17, 15) is 4.79 Å². The van der Waals surface area contributed by atoms with E-state index >= 15 is 0 Å². The maximum Gasteiger partial charge on any atom is 0.355 e. The van der Waals surface area contributed by atoms with Gasteiger partial charge < -0.3 is 15.4 Å². The number of fused-ring (bicyclic) bond motifs is 1. The van der Waals surface area contributed by atoms with E-state index in [2.05, 4.69) is 20.3 Å². The van der Waals surface area contributed by atoms with Gasteiger partial charge >= 0.3 is 5.97 Å². The second-order valence-electron chi connectivity index (χ2n) is 4.22. The molecule has 0 aliphatic heterocycles. The van der Waals surface area contributed by atoms with E-state index < -0.39 is 5.97 Å². The van der Waals surface area contributed by atoms with E-state index in [0.29, 0.717) is 11.7 Å². The third-order valence-electron chi connectivity index (χ3n) is 2.80. The Bertz CT molecular complexity index is 717. The first-order valence-electron chi connectivity index (χ1n) is 6.09. The zero-order valence-electron chi connectivity index (χ0n) is 10.5. The SMILES string of the molecule is O=C(O)c1csc(NCCc2nc3ccccc3[nH]2)n1. The van der Waals surface area contributed by atoms with Gasteiger partial charge in [0.25, 0.3) is 0 Å². The molecule has 2 aromatic heterocycles. The van der Waals surface area contributed by atoms with E-state index in [1.807, 2.05) is 24.3 Å². The number of hydrogen-bond acceptors (Lipinski definition) is 5. The number of carboxylic acid groups (broad SMARTS) is 1. The molecule has 0 atom stereocenters. The number of H-pyrrole nitrogens is 1. The molecule has 0 radical (unpaired) electrons. The first kappa shape index (κ1) is 12.6. The first-order chi connectivity index (χ1) is 9.72. The Balaban J connectivity index is 1.60. The molecule has 0 aliphatic carbocycles. The fourth-order valence-electron chi connectivity index (χ4n) is 1.87. The van der Waals surface area contributed by atoms with Crippen LogP contribution in [0.15, 0.2) is 29.6 Å². The van der Waals surface area contributed by atoms with Crippen molar-refractivity contribution in [2.75, 3.05) is 11.9 Å². The molecule has 0 spiro atoms. The summed E-state index contributed by atoms with van der Waals surface area (Å²) in [6.45, 7) is 0.645. The van der Waals surface area contributed by atoms with Crippen molar-refractivity contribution >= 4 is 33.5 Å². The minimum atomic E-state index is -1.01. The number of benzene rings is 1. The average Bonchev–Trinajstić information content (AvgIpc) is 3.04. The summed E-state index contributed by atoms with van der Waals surface area (Å²) in [5, 5.41) is 14.0. The zero-order valence-corrected chi connectivity index (χ0v) is 11.3. The van der Waals surface area contributed by atoms with Crippen molar-refractivity contribution in [1.82, 2.24) is 15.0 Å². The highest BCUT2D eigenvalue weighted by Crippen LogP contribution is 2.15. The molecule has 0 fully saturated rings. The van der Waals surface area contributed by atoms with Crippen molar-refractivity contribution in [3.8, 4) is 0 Å². The number of thiazole rings is 1. The highest BCUT2D eigenvalue weighted by atomic mass is 32.1. The normalized spacial score (nSPS) is 10.8. The molecule has 0 bridgehead atoms. The number of aromatic carboxylic acids is 1. The first-order valence-corrected chi connectivity index (χ1v) is 6.96. The van der Waals surface area contributed by atoms with Crippen LogP contribution in [0.4, 0.5) is 5.13 Å². The van der Waals surface area contributed by atoms with Crippen molar-refractivity contribution in [3.63, 3.8) is 0 Å². The van der Waals surface area contributed by atoms with Gasteiger partial charge in [0, 0.05) is 18.3 Å². The molecule has 2 heterocycles. The van der Waals surface area contributed by atoms with E-state index in [1.165, 1.54) is 16.7 Å². The summed E-state index contributed by atoms with van der Waals surface area (Å²) in [4.78, 5) is 22.4. The summed E-state index contributed by atoms with van der Waals surface area (Å²) in [5.74, 6) is -0.111. The smallest absolute Gasteiger partial charge is 0.355 e. The van der Waals surface area contributed by atoms with Crippen LogP contribution in [0, 0.1) is 0 Å². The van der Waals surface area contributed by atoms with Gasteiger partial charge in [-0.25, -0.2) is 14.8 Å². The van der Waals surface area contributed by atoms with Gasteiger partial charge in [-0.1, -0.05) is 12.1 Å². The minimum Gasteiger partial charge on any atom is -0.476 e. The van der Waals surface area contributed by atoms with Gasteiger partial charge in [-0.3, -0.25) is 0 Å². The third kappa shape index (κ3) is 2.62. The maximum absolute atomic E-state index is 10.7. The van der Waals surface area contributed by atoms with Crippen LogP contribution in [0.25, 0.3) is 11.0 Å². The fourth-order valence-corrected chi connectivity index (χ4v) is 2.58. The summed E-state index contributed by atoms with van der Waals surface area (Å²) < 4.78 is 0. The van der Waals surface area contributed by atoms with Crippen molar-refractivity contribution in [1.29, 1.82) is 0 Å². The van der Waals surface area contributed by atoms with E-state index in [1.54, 1.807) is 0 Å². The summed E-state index contributed by atoms with van der Waals surface area (Å²) >= 11 is 1.28. The molecule has 3 rings (SSSR count). The molecule has 102 valence electrons. The lowest BCUT2D eigenvalue weighted by atomic mass is 10.3. The van der Waals surface area contributed by atoms with Gasteiger partial charge in [0.05, 0.1) is 11.0 Å². The molecule has 7 heteroatoms. The largest absolute Gasteiger partial charge is 0.476 e. The van der Waals surface area contributed by atoms with Crippen LogP contribution in [0.1, 0.15) is 16.3 Å². The van der Waals surface area contributed by atoms with Crippen molar-refractivity contribution in [2.45, 2.75) is 6.42 Å². The summed E-state index contributed by atoms with van der Waals surface area (Å²) in [7, 11) is 0. The quantitative estimate of drug-likeness (QED) is 0.670. The van der Waals surface area contributed by atoms with Crippen LogP contribution in [-0.2, 0) is 6.42 Å². The topological polar surface area (TPSA) is 90.9 Å². The highest BCUT2D eigenvalue weighted by Gasteiger charge is 2.08. The van der Waals surface area contributed by atoms with Crippen molar-refractivity contribution in [2.24, 2.45) is 0 Å². The molecule has 6 nitrogen and oxygen atoms in total. The molecule has 0 amide bonds. The van der Waals surface area contributed by atoms with Gasteiger partial charge in [0.15, 0.2) is 10.8 Å². The van der Waals surface area contributed by atoms with Gasteiger partial charge in [-0.2, -0.15) is 0 Å². The molecule has 1 aromatic carbocycles. The summed E-state index contributed by atoms with van der Waals surface area (Å²) in [5.41, 5.74) is 2.04. The Labute approximate surface area is 118 Å². The Kier molecular flexibility index (Phi) is 3.34. The third-order valence-corrected chi connectivity index (χ3v) is 3.60. The molecule has 0 saturated heterocycles. The standard InChI is InChI=1S/C13H12N4O2S/c18-12(19)10-7-20-13(17-10)14-6-5-11-15-8-3-1-2-4-9(8)16-11/h1-4,7H,5-6H2,(H,14,17)(H,15,16)(H,18,19). The lowest BCUT2D eigenvalue weighted by molar-refractivity contribution is 0.0691. The number of aromatic amines is 1. The zero-order chi connectivity index (χ0) is 13.9. The highest BCUT2D eigenvalue weighted by molar-refractivity contribution is 7.13. The minimum absolute atomic E-state index is 0.0706. The van der Waals surface area contributed by atoms with E-state index in [0.717, 1.165) is 23.3 Å². The number of imidazole rings is 1. The molecular formula is C13H12N4O2S. The van der Waals surface area contributed by atoms with Crippen LogP contribution < -0.4 is 5.32 Å². The van der Waals surface area contributed by atoms with Crippen LogP contribution in [0.2, 0.25) is 0 Å². The maximum atomic E-state index is 10.7. The Morgan fingerprint density at radius 1 is 1.35 bits per heavy atom. The van der Waals surface area contributed by atoms with Crippen LogP contribution in [0.5, 0.6) is 0 Å². The molecule has 3 aromatic rings. The number of carboxylic acids is 1. The van der Waals surface area contributed by atoms with Gasteiger partial charge in [-0.05, 0) is 12.1 Å². The Morgan fingerprint density at radius 2 is 2.20 bits per heavy atom. The lowest BCUT2D eigenvalue weighted by Crippen LogP contribution is -2.06. The summed E-state index contributed by atoms with van der Waals surface area (Å²) in [6.07, 6.45) is 0.719. The number of nitrogens with zero attached hydrogens (tertiary/aromatic N) is 2. The van der Waals surface area contributed by atoms with E-state index in [-0.39, 0.29) is 5.69 Å². The average molecular weight is 288 g/mol. The van der Waals surface area contributed by atoms with Crippen LogP contribution in [0.3, 0.4) is 0 Å². The number of carbonyl (C=O) groups is 1. The number of nitrogens with one attached hydrogen (secondary N) is 2. The van der Waals surface area contributed by atoms with Gasteiger partial charge in [-0.15, -0.1) is 11.3 Å². The predicted octanol–water partition coefficient (Wildman–Crippen LogP) is 2.37. The van der Waals surface area contributed by atoms with Gasteiger partial charge in [0.1, 0.15) is 5.82 Å². The van der Waals surface area contributed by atoms with E-state index in [4.69, 9.17) is 5.11 Å². The molecule has 3 N–H and O–H groups in total. The number of rotatable bonds is 5. The molecule has 0 unspecified atom stereocenters. The molecule has 20 heavy (non-hydrogen) atoms. The van der Waals surface area contributed by atoms with Crippen molar-refractivity contribution < 1.29 is 9.90 Å². The number of hydrogen-bond donors (Lipinski definition) is 3. The second kappa shape index (κ2) is 5.30. The van der Waals surface area contributed by atoms with Crippen LogP contribution in [-0.4, -0.2) is 32.6 Å². The monoisotopic (exact) mass is 288 g/mol. The molecule has 0 saturated carbocycles. The van der Waals surface area contributed by atoms with Crippen LogP contribution >= 0.6 is 11.3 Å². The number of anilines is 1. The lowest BCUT2D eigenvalue weighted by Gasteiger charge is -1.99. The number of para-hydroxylation sites is 2. The van der Waals surface area contributed by atoms with Crippen molar-refractivity contribution in [3.05, 3.63) is 41.2 Å². The summed E-state index contributed by atoms with van der Waals surface area (Å²) in [6, 6.07) is 7.86. The molecular weight excluding hydrogens is 276 g/mol. The Morgan fingerprint density at radius 3 is 2.95 bits per heavy atom. The molecule has 0 aliphatic rings. The fraction of sp³-hybridized carbons (Fsp3) is 0.154. The van der Waals surface area contributed by atoms with Gasteiger partial charge in [0.2, 0.25) is 0 Å². The Hall–Kier alpha value is -2.41. The second-order valence-corrected chi connectivity index (χ2v) is 5.08.